The van der Waals surface area contributed by atoms with Crippen molar-refractivity contribution < 1.29 is 13.2 Å². The second kappa shape index (κ2) is 7.53. The number of thioether (sulfide) groups is 1. The topological polar surface area (TPSA) is 69.4 Å². The fraction of sp³-hybridized carbons (Fsp3) is 0.500. The first-order valence-corrected chi connectivity index (χ1v) is 8.93. The minimum absolute atomic E-state index is 0.244. The monoisotopic (exact) mass is 289 g/mol. The Bertz CT molecular complexity index is 460. The van der Waals surface area contributed by atoms with Gasteiger partial charge in [0.15, 0.2) is 0 Å². The van der Waals surface area contributed by atoms with E-state index in [1.165, 1.54) is 6.26 Å². The third kappa shape index (κ3) is 7.45. The number of rotatable bonds is 8. The first-order chi connectivity index (χ1) is 8.47. The highest BCUT2D eigenvalue weighted by molar-refractivity contribution is 8.00. The summed E-state index contributed by atoms with van der Waals surface area (Å²) >= 11 is 1.63. The molecule has 0 amide bonds. The Hall–Kier alpha value is -0.880. The zero-order chi connectivity index (χ0) is 13.4. The van der Waals surface area contributed by atoms with Crippen LogP contribution in [0.3, 0.4) is 0 Å². The van der Waals surface area contributed by atoms with Crippen LogP contribution in [0.4, 0.5) is 5.69 Å². The van der Waals surface area contributed by atoms with E-state index in [0.717, 1.165) is 17.9 Å². The third-order valence-corrected chi connectivity index (χ3v) is 4.43. The lowest BCUT2D eigenvalue weighted by Gasteiger charge is -2.06. The van der Waals surface area contributed by atoms with Gasteiger partial charge in [-0.05, 0) is 24.3 Å². The number of anilines is 1. The lowest BCUT2D eigenvalue weighted by atomic mass is 10.3. The molecule has 4 nitrogen and oxygen atoms in total. The Morgan fingerprint density at radius 1 is 1.33 bits per heavy atom. The van der Waals surface area contributed by atoms with Gasteiger partial charge in [-0.3, -0.25) is 0 Å². The lowest BCUT2D eigenvalue weighted by Crippen LogP contribution is -2.06. The second-order valence-corrected chi connectivity index (χ2v) is 7.50. The van der Waals surface area contributed by atoms with E-state index in [4.69, 9.17) is 10.5 Å². The molecule has 1 rings (SSSR count). The molecule has 0 radical (unpaired) electrons. The minimum Gasteiger partial charge on any atom is -0.493 e. The molecule has 0 heterocycles. The summed E-state index contributed by atoms with van der Waals surface area (Å²) in [5, 5.41) is 0. The van der Waals surface area contributed by atoms with Crippen molar-refractivity contribution in [3.8, 4) is 5.75 Å². The molecule has 0 saturated carbocycles. The van der Waals surface area contributed by atoms with Crippen LogP contribution in [0.15, 0.2) is 24.3 Å². The largest absolute Gasteiger partial charge is 0.493 e. The summed E-state index contributed by atoms with van der Waals surface area (Å²) in [6, 6.07) is 7.32. The van der Waals surface area contributed by atoms with Crippen molar-refractivity contribution in [2.75, 3.05) is 35.9 Å². The molecule has 0 aliphatic rings. The van der Waals surface area contributed by atoms with E-state index in [1.54, 1.807) is 17.8 Å². The van der Waals surface area contributed by atoms with Crippen molar-refractivity contribution in [3.05, 3.63) is 24.3 Å². The van der Waals surface area contributed by atoms with Gasteiger partial charge in [-0.1, -0.05) is 6.07 Å². The van der Waals surface area contributed by atoms with Gasteiger partial charge < -0.3 is 10.5 Å². The average Bonchev–Trinajstić information content (AvgIpc) is 2.26. The van der Waals surface area contributed by atoms with Gasteiger partial charge in [-0.15, -0.1) is 0 Å². The van der Waals surface area contributed by atoms with E-state index < -0.39 is 9.84 Å². The number of nitrogens with two attached hydrogens (primary N) is 1. The Morgan fingerprint density at radius 2 is 2.11 bits per heavy atom. The van der Waals surface area contributed by atoms with E-state index in [-0.39, 0.29) is 5.75 Å². The van der Waals surface area contributed by atoms with Crippen molar-refractivity contribution >= 4 is 27.3 Å². The predicted molar refractivity (Wildman–Crippen MR) is 78.0 cm³/mol. The molecule has 0 unspecified atom stereocenters. The Kier molecular flexibility index (Phi) is 6.35. The molecule has 0 fully saturated rings. The predicted octanol–water partition coefficient (Wildman–Crippen LogP) is 1.82. The molecule has 0 atom stereocenters. The minimum atomic E-state index is -2.83. The fourth-order valence-corrected chi connectivity index (χ4v) is 3.48. The summed E-state index contributed by atoms with van der Waals surface area (Å²) < 4.78 is 27.3. The average molecular weight is 289 g/mol. The summed E-state index contributed by atoms with van der Waals surface area (Å²) in [7, 11) is -2.83. The third-order valence-electron chi connectivity index (χ3n) is 2.16. The van der Waals surface area contributed by atoms with Crippen LogP contribution in [-0.2, 0) is 9.84 Å². The number of hydrogen-bond acceptors (Lipinski definition) is 5. The standard InChI is InChI=1S/C12H19NO3S2/c1-18(14,15)9-8-17-7-3-6-16-12-5-2-4-11(13)10-12/h2,4-5,10H,3,6-9,13H2,1H3. The normalized spacial score (nSPS) is 11.4. The van der Waals surface area contributed by atoms with Gasteiger partial charge in [-0.2, -0.15) is 11.8 Å². The molecule has 18 heavy (non-hydrogen) atoms. The smallest absolute Gasteiger partial charge is 0.148 e. The van der Waals surface area contributed by atoms with Crippen LogP contribution in [0, 0.1) is 0 Å². The number of hydrogen-bond donors (Lipinski definition) is 1. The molecule has 0 aliphatic heterocycles. The molecule has 0 aromatic heterocycles. The molecule has 0 spiro atoms. The highest BCUT2D eigenvalue weighted by Gasteiger charge is 2.01. The van der Waals surface area contributed by atoms with Gasteiger partial charge in [0.2, 0.25) is 0 Å². The van der Waals surface area contributed by atoms with Gasteiger partial charge >= 0.3 is 0 Å². The Morgan fingerprint density at radius 3 is 2.78 bits per heavy atom. The summed E-state index contributed by atoms with van der Waals surface area (Å²) in [6.07, 6.45) is 2.15. The van der Waals surface area contributed by atoms with Crippen molar-refractivity contribution in [3.63, 3.8) is 0 Å². The Balaban J connectivity index is 2.06. The van der Waals surface area contributed by atoms with E-state index in [2.05, 4.69) is 0 Å². The molecule has 1 aromatic rings. The highest BCUT2D eigenvalue weighted by Crippen LogP contribution is 2.14. The van der Waals surface area contributed by atoms with Crippen molar-refractivity contribution in [2.24, 2.45) is 0 Å². The highest BCUT2D eigenvalue weighted by atomic mass is 32.2. The van der Waals surface area contributed by atoms with Gasteiger partial charge in [0.25, 0.3) is 0 Å². The molecule has 102 valence electrons. The molecular weight excluding hydrogens is 270 g/mol. The van der Waals surface area contributed by atoms with Gasteiger partial charge in [-0.25, -0.2) is 8.42 Å². The van der Waals surface area contributed by atoms with Gasteiger partial charge in [0.05, 0.1) is 12.4 Å². The van der Waals surface area contributed by atoms with Crippen LogP contribution in [0.5, 0.6) is 5.75 Å². The van der Waals surface area contributed by atoms with Crippen LogP contribution in [0.25, 0.3) is 0 Å². The zero-order valence-electron chi connectivity index (χ0n) is 10.5. The summed E-state index contributed by atoms with van der Waals surface area (Å²) in [6.45, 7) is 0.620. The van der Waals surface area contributed by atoms with Gasteiger partial charge in [0.1, 0.15) is 15.6 Å². The Labute approximate surface area is 113 Å². The molecule has 2 N–H and O–H groups in total. The molecular formula is C12H19NO3S2. The zero-order valence-corrected chi connectivity index (χ0v) is 12.1. The van der Waals surface area contributed by atoms with Crippen LogP contribution in [0.2, 0.25) is 0 Å². The van der Waals surface area contributed by atoms with Crippen LogP contribution in [-0.4, -0.2) is 38.5 Å². The second-order valence-electron chi connectivity index (χ2n) is 4.02. The maximum atomic E-state index is 10.9. The molecule has 0 saturated heterocycles. The number of benzene rings is 1. The van der Waals surface area contributed by atoms with Crippen molar-refractivity contribution in [1.29, 1.82) is 0 Å². The van der Waals surface area contributed by atoms with E-state index >= 15 is 0 Å². The van der Waals surface area contributed by atoms with Crippen molar-refractivity contribution in [1.82, 2.24) is 0 Å². The first-order valence-electron chi connectivity index (χ1n) is 5.71. The molecule has 1 aromatic carbocycles. The number of nitrogen functional groups attached to an aromatic ring is 1. The SMILES string of the molecule is CS(=O)(=O)CCSCCCOc1cccc(N)c1. The van der Waals surface area contributed by atoms with Crippen molar-refractivity contribution in [2.45, 2.75) is 6.42 Å². The van der Waals surface area contributed by atoms with Crippen LogP contribution in [0.1, 0.15) is 6.42 Å². The summed E-state index contributed by atoms with van der Waals surface area (Å²) in [5.74, 6) is 2.57. The maximum absolute atomic E-state index is 10.9. The van der Waals surface area contributed by atoms with E-state index in [0.29, 0.717) is 18.0 Å². The molecule has 6 heteroatoms. The molecule has 0 bridgehead atoms. The van der Waals surface area contributed by atoms with E-state index in [1.807, 2.05) is 18.2 Å². The first kappa shape index (κ1) is 15.2. The quantitative estimate of drug-likeness (QED) is 0.584. The van der Waals surface area contributed by atoms with Gasteiger partial charge in [0, 0.05) is 23.8 Å². The number of ether oxygens (including phenoxy) is 1. The summed E-state index contributed by atoms with van der Waals surface area (Å²) in [4.78, 5) is 0. The van der Waals surface area contributed by atoms with Crippen LogP contribution >= 0.6 is 11.8 Å². The summed E-state index contributed by atoms with van der Waals surface area (Å²) in [5.41, 5.74) is 6.32. The maximum Gasteiger partial charge on any atom is 0.148 e. The van der Waals surface area contributed by atoms with E-state index in [9.17, 15) is 8.42 Å². The fourth-order valence-electron chi connectivity index (χ4n) is 1.27. The van der Waals surface area contributed by atoms with Crippen LogP contribution < -0.4 is 10.5 Å². The molecule has 0 aliphatic carbocycles. The number of sulfone groups is 1. The lowest BCUT2D eigenvalue weighted by molar-refractivity contribution is 0.319.